The van der Waals surface area contributed by atoms with E-state index in [9.17, 15) is 24.6 Å². The van der Waals surface area contributed by atoms with E-state index in [1.54, 1.807) is 12.1 Å². The molecule has 1 fully saturated rings. The molecule has 0 saturated carbocycles. The molecular formula is C20H23N3O7. The van der Waals surface area contributed by atoms with Crippen LogP contribution in [-0.2, 0) is 25.5 Å². The van der Waals surface area contributed by atoms with Crippen LogP contribution in [0.1, 0.15) is 18.4 Å². The molecule has 0 atom stereocenters. The summed E-state index contributed by atoms with van der Waals surface area (Å²) < 4.78 is 5.52. The number of likely N-dealkylation sites (tertiary alicyclic amines) is 1. The number of anilines is 1. The topological polar surface area (TPSA) is 130 Å². The summed E-state index contributed by atoms with van der Waals surface area (Å²) in [4.78, 5) is 41.3. The summed E-state index contributed by atoms with van der Waals surface area (Å²) in [5.74, 6) is -2.02. The highest BCUT2D eigenvalue weighted by Gasteiger charge is 2.22. The number of aryl methyl sites for hydroxylation is 1. The van der Waals surface area contributed by atoms with E-state index in [1.807, 2.05) is 17.0 Å². The molecule has 0 aliphatic carbocycles. The largest absolute Gasteiger partial charge is 0.492 e. The first-order valence-electron chi connectivity index (χ1n) is 9.47. The molecule has 1 saturated heterocycles. The van der Waals surface area contributed by atoms with Crippen molar-refractivity contribution in [2.24, 2.45) is 0 Å². The third-order valence-corrected chi connectivity index (χ3v) is 4.52. The van der Waals surface area contributed by atoms with Crippen LogP contribution in [0.3, 0.4) is 0 Å². The number of benzene rings is 1. The molecule has 2 amide bonds. The average Bonchev–Trinajstić information content (AvgIpc) is 3.03. The average molecular weight is 417 g/mol. The second-order valence-corrected chi connectivity index (χ2v) is 6.78. The van der Waals surface area contributed by atoms with E-state index in [-0.39, 0.29) is 12.5 Å². The van der Waals surface area contributed by atoms with Gasteiger partial charge in [-0.2, -0.15) is 0 Å². The van der Waals surface area contributed by atoms with Crippen LogP contribution in [0.15, 0.2) is 36.4 Å². The van der Waals surface area contributed by atoms with E-state index in [2.05, 4.69) is 5.32 Å². The Morgan fingerprint density at radius 1 is 1.03 bits per heavy atom. The molecule has 1 aliphatic heterocycles. The Kier molecular flexibility index (Phi) is 6.91. The van der Waals surface area contributed by atoms with Gasteiger partial charge < -0.3 is 30.0 Å². The van der Waals surface area contributed by atoms with Crippen molar-refractivity contribution in [1.29, 1.82) is 0 Å². The Bertz CT molecular complexity index is 888. The summed E-state index contributed by atoms with van der Waals surface area (Å²) in [7, 11) is 0. The fourth-order valence-corrected chi connectivity index (χ4v) is 2.87. The van der Waals surface area contributed by atoms with Crippen molar-refractivity contribution in [3.8, 4) is 11.8 Å². The van der Waals surface area contributed by atoms with Gasteiger partial charge in [0.05, 0.1) is 0 Å². The Hall–Kier alpha value is -3.53. The number of rotatable bonds is 10. The molecule has 2 aromatic rings. The first kappa shape index (κ1) is 21.2. The van der Waals surface area contributed by atoms with Crippen LogP contribution in [0.4, 0.5) is 5.69 Å². The monoisotopic (exact) mass is 417 g/mol. The van der Waals surface area contributed by atoms with Crippen LogP contribution in [0, 0.1) is 0 Å². The van der Waals surface area contributed by atoms with E-state index >= 15 is 0 Å². The summed E-state index contributed by atoms with van der Waals surface area (Å²) in [6.07, 6.45) is 2.38. The van der Waals surface area contributed by atoms with E-state index in [0.29, 0.717) is 16.8 Å². The van der Waals surface area contributed by atoms with Crippen molar-refractivity contribution in [2.75, 3.05) is 31.6 Å². The van der Waals surface area contributed by atoms with E-state index in [4.69, 9.17) is 9.57 Å². The zero-order valence-corrected chi connectivity index (χ0v) is 16.2. The van der Waals surface area contributed by atoms with E-state index < -0.39 is 30.2 Å². The molecule has 0 spiro atoms. The highest BCUT2D eigenvalue weighted by atomic mass is 16.7. The second-order valence-electron chi connectivity index (χ2n) is 6.78. The number of carbonyl (C=O) groups excluding carboxylic acids is 3. The van der Waals surface area contributed by atoms with Crippen LogP contribution in [0.2, 0.25) is 0 Å². The summed E-state index contributed by atoms with van der Waals surface area (Å²) in [5.41, 5.74) is 1.70. The van der Waals surface area contributed by atoms with Crippen molar-refractivity contribution in [1.82, 2.24) is 9.63 Å². The molecule has 3 rings (SSSR count). The van der Waals surface area contributed by atoms with Gasteiger partial charge in [0.25, 0.3) is 0 Å². The Labute approximate surface area is 172 Å². The predicted octanol–water partition coefficient (Wildman–Crippen LogP) is 0.675. The molecule has 3 N–H and O–H groups in total. The van der Waals surface area contributed by atoms with Crippen LogP contribution in [0.5, 0.6) is 11.8 Å². The number of nitrogens with zero attached hydrogens (tertiary/aromatic N) is 2. The van der Waals surface area contributed by atoms with Gasteiger partial charge in [-0.25, -0.2) is 4.79 Å². The molecule has 1 aliphatic rings. The minimum Gasteiger partial charge on any atom is -0.492 e. The highest BCUT2D eigenvalue weighted by molar-refractivity contribution is 5.91. The molecule has 30 heavy (non-hydrogen) atoms. The minimum atomic E-state index is -0.895. The molecule has 10 heteroatoms. The number of nitrogens with one attached hydrogen (secondary N) is 1. The van der Waals surface area contributed by atoms with Crippen LogP contribution in [0.25, 0.3) is 0 Å². The first-order chi connectivity index (χ1) is 14.4. The van der Waals surface area contributed by atoms with Gasteiger partial charge >= 0.3 is 5.97 Å². The minimum absolute atomic E-state index is 0.213. The molecular weight excluding hydrogens is 394 g/mol. The first-order valence-corrected chi connectivity index (χ1v) is 9.47. The maximum Gasteiger partial charge on any atom is 0.358 e. The van der Waals surface area contributed by atoms with Crippen LogP contribution in [-0.4, -0.2) is 63.9 Å². The molecule has 1 aromatic carbocycles. The lowest BCUT2D eigenvalue weighted by Crippen LogP contribution is -2.43. The van der Waals surface area contributed by atoms with E-state index in [0.717, 1.165) is 43.6 Å². The van der Waals surface area contributed by atoms with Gasteiger partial charge in [-0.15, -0.1) is 4.73 Å². The van der Waals surface area contributed by atoms with Crippen LogP contribution < -0.4 is 10.2 Å². The smallest absolute Gasteiger partial charge is 0.358 e. The van der Waals surface area contributed by atoms with Crippen molar-refractivity contribution >= 4 is 23.5 Å². The van der Waals surface area contributed by atoms with Gasteiger partial charge in [-0.3, -0.25) is 9.59 Å². The quantitative estimate of drug-likeness (QED) is 0.485. The number of hydrogen-bond acceptors (Lipinski definition) is 7. The van der Waals surface area contributed by atoms with E-state index in [1.165, 1.54) is 0 Å². The SMILES string of the molecule is O=C(COCC(=O)On1c(O)ccc1O)Nc1ccc(CCCN2CCC2=O)cc1. The van der Waals surface area contributed by atoms with Crippen molar-refractivity contribution < 1.29 is 34.2 Å². The number of carbonyl (C=O) groups is 3. The van der Waals surface area contributed by atoms with Crippen LogP contribution >= 0.6 is 0 Å². The predicted molar refractivity (Wildman–Crippen MR) is 105 cm³/mol. The lowest BCUT2D eigenvalue weighted by molar-refractivity contribution is -0.151. The third-order valence-electron chi connectivity index (χ3n) is 4.52. The number of β-lactam (4-membered cyclic amide) rings is 1. The molecule has 0 unspecified atom stereocenters. The summed E-state index contributed by atoms with van der Waals surface area (Å²) in [5, 5.41) is 21.4. The third kappa shape index (κ3) is 5.74. The number of aromatic nitrogens is 1. The summed E-state index contributed by atoms with van der Waals surface area (Å²) >= 11 is 0. The number of aromatic hydroxyl groups is 2. The molecule has 1 aromatic heterocycles. The number of hydrogen-bond donors (Lipinski definition) is 3. The van der Waals surface area contributed by atoms with Gasteiger partial charge in [0.1, 0.15) is 13.2 Å². The van der Waals surface area contributed by atoms with Crippen molar-refractivity contribution in [2.45, 2.75) is 19.3 Å². The van der Waals surface area contributed by atoms with Gasteiger partial charge in [0, 0.05) is 37.3 Å². The number of ether oxygens (including phenoxy) is 1. The van der Waals surface area contributed by atoms with Gasteiger partial charge in [0.15, 0.2) is 0 Å². The van der Waals surface area contributed by atoms with Gasteiger partial charge in [0.2, 0.25) is 23.6 Å². The molecule has 0 radical (unpaired) electrons. The standard InChI is InChI=1S/C20H23N3O7/c24-16(12-29-13-20(28)30-23-18(26)7-8-19(23)27)21-15-5-3-14(4-6-15)2-1-10-22-11-9-17(22)25/h3-8,26-27H,1-2,9-13H2,(H,21,24). The lowest BCUT2D eigenvalue weighted by Gasteiger charge is -2.30. The van der Waals surface area contributed by atoms with Crippen molar-refractivity contribution in [3.63, 3.8) is 0 Å². The Morgan fingerprint density at radius 2 is 1.73 bits per heavy atom. The maximum absolute atomic E-state index is 11.9. The zero-order chi connectivity index (χ0) is 21.5. The Balaban J connectivity index is 1.33. The van der Waals surface area contributed by atoms with Gasteiger partial charge in [-0.05, 0) is 30.5 Å². The number of amides is 2. The van der Waals surface area contributed by atoms with Gasteiger partial charge in [-0.1, -0.05) is 12.1 Å². The van der Waals surface area contributed by atoms with Crippen molar-refractivity contribution in [3.05, 3.63) is 42.0 Å². The fraction of sp³-hybridized carbons (Fsp3) is 0.350. The lowest BCUT2D eigenvalue weighted by atomic mass is 10.1. The fourth-order valence-electron chi connectivity index (χ4n) is 2.87. The molecule has 10 nitrogen and oxygen atoms in total. The normalized spacial score (nSPS) is 13.1. The highest BCUT2D eigenvalue weighted by Crippen LogP contribution is 2.18. The zero-order valence-electron chi connectivity index (χ0n) is 16.2. The molecule has 0 bridgehead atoms. The summed E-state index contributed by atoms with van der Waals surface area (Å²) in [6, 6.07) is 9.65. The molecule has 160 valence electrons. The maximum atomic E-state index is 11.9. The molecule has 2 heterocycles. The second kappa shape index (κ2) is 9.79. The summed E-state index contributed by atoms with van der Waals surface area (Å²) in [6.45, 7) is 0.703. The Morgan fingerprint density at radius 3 is 2.33 bits per heavy atom.